The van der Waals surface area contributed by atoms with E-state index in [1.165, 1.54) is 5.56 Å². The third-order valence-electron chi connectivity index (χ3n) is 4.47. The zero-order valence-electron chi connectivity index (χ0n) is 15.9. The average Bonchev–Trinajstić information content (AvgIpc) is 2.68. The van der Waals surface area contributed by atoms with Gasteiger partial charge in [0, 0.05) is 31.2 Å². The Morgan fingerprint density at radius 2 is 1.78 bits per heavy atom. The summed E-state index contributed by atoms with van der Waals surface area (Å²) in [5.41, 5.74) is 4.92. The SMILES string of the molecule is CCN(c1cccc(C)c1)c1ncc(C(=O)NCc2ccccc2C)cn1. The van der Waals surface area contributed by atoms with Gasteiger partial charge in [0.25, 0.3) is 5.91 Å². The van der Waals surface area contributed by atoms with Crippen LogP contribution in [0.15, 0.2) is 60.9 Å². The standard InChI is InChI=1S/C22H24N4O/c1-4-26(20-11-7-8-16(2)12-20)22-24-14-19(15-25-22)21(27)23-13-18-10-6-5-9-17(18)3/h5-12,14-15H,4,13H2,1-3H3,(H,23,27). The highest BCUT2D eigenvalue weighted by molar-refractivity contribution is 5.93. The molecule has 5 nitrogen and oxygen atoms in total. The van der Waals surface area contributed by atoms with Gasteiger partial charge in [0.15, 0.2) is 0 Å². The molecule has 3 aromatic rings. The Labute approximate surface area is 160 Å². The molecule has 2 aromatic carbocycles. The van der Waals surface area contributed by atoms with Crippen molar-refractivity contribution in [2.45, 2.75) is 27.3 Å². The smallest absolute Gasteiger partial charge is 0.254 e. The van der Waals surface area contributed by atoms with Crippen LogP contribution in [0.25, 0.3) is 0 Å². The third-order valence-corrected chi connectivity index (χ3v) is 4.47. The molecule has 3 rings (SSSR count). The summed E-state index contributed by atoms with van der Waals surface area (Å²) in [6, 6.07) is 16.2. The second kappa shape index (κ2) is 8.45. The van der Waals surface area contributed by atoms with Gasteiger partial charge < -0.3 is 10.2 Å². The van der Waals surface area contributed by atoms with Crippen LogP contribution in [0, 0.1) is 13.8 Å². The molecule has 0 saturated carbocycles. The normalized spacial score (nSPS) is 10.5. The van der Waals surface area contributed by atoms with Gasteiger partial charge >= 0.3 is 0 Å². The number of carbonyl (C=O) groups excluding carboxylic acids is 1. The number of amides is 1. The Morgan fingerprint density at radius 3 is 2.44 bits per heavy atom. The van der Waals surface area contributed by atoms with E-state index in [9.17, 15) is 4.79 Å². The lowest BCUT2D eigenvalue weighted by Gasteiger charge is -2.21. The molecule has 1 heterocycles. The van der Waals surface area contributed by atoms with E-state index in [0.29, 0.717) is 18.1 Å². The van der Waals surface area contributed by atoms with Crippen LogP contribution in [-0.2, 0) is 6.54 Å². The quantitative estimate of drug-likeness (QED) is 0.716. The number of nitrogens with one attached hydrogen (secondary N) is 1. The van der Waals surface area contributed by atoms with Crippen LogP contribution in [0.4, 0.5) is 11.6 Å². The van der Waals surface area contributed by atoms with Crippen molar-refractivity contribution in [2.24, 2.45) is 0 Å². The zero-order chi connectivity index (χ0) is 19.2. The van der Waals surface area contributed by atoms with Crippen LogP contribution in [0.5, 0.6) is 0 Å². The number of hydrogen-bond donors (Lipinski definition) is 1. The summed E-state index contributed by atoms with van der Waals surface area (Å²) in [4.78, 5) is 23.2. The fourth-order valence-electron chi connectivity index (χ4n) is 2.90. The molecule has 1 amide bonds. The van der Waals surface area contributed by atoms with Crippen LogP contribution in [0.3, 0.4) is 0 Å². The summed E-state index contributed by atoms with van der Waals surface area (Å²) in [5.74, 6) is 0.405. The molecular weight excluding hydrogens is 336 g/mol. The van der Waals surface area contributed by atoms with E-state index in [2.05, 4.69) is 41.3 Å². The molecule has 0 fully saturated rings. The van der Waals surface area contributed by atoms with Crippen molar-refractivity contribution < 1.29 is 4.79 Å². The van der Waals surface area contributed by atoms with Crippen molar-refractivity contribution >= 4 is 17.5 Å². The number of rotatable bonds is 6. The largest absolute Gasteiger partial charge is 0.348 e. The predicted octanol–water partition coefficient (Wildman–Crippen LogP) is 4.18. The fourth-order valence-corrected chi connectivity index (χ4v) is 2.90. The van der Waals surface area contributed by atoms with Crippen molar-refractivity contribution in [3.8, 4) is 0 Å². The Kier molecular flexibility index (Phi) is 5.81. The lowest BCUT2D eigenvalue weighted by atomic mass is 10.1. The number of anilines is 2. The fraction of sp³-hybridized carbons (Fsp3) is 0.227. The molecule has 0 unspecified atom stereocenters. The third kappa shape index (κ3) is 4.50. The predicted molar refractivity (Wildman–Crippen MR) is 108 cm³/mol. The number of carbonyl (C=O) groups is 1. The van der Waals surface area contributed by atoms with Gasteiger partial charge in [-0.1, -0.05) is 36.4 Å². The summed E-state index contributed by atoms with van der Waals surface area (Å²) < 4.78 is 0. The zero-order valence-corrected chi connectivity index (χ0v) is 15.9. The first kappa shape index (κ1) is 18.6. The molecule has 0 atom stereocenters. The molecule has 0 aliphatic carbocycles. The van der Waals surface area contributed by atoms with Crippen LogP contribution in [0.2, 0.25) is 0 Å². The van der Waals surface area contributed by atoms with Crippen molar-refractivity contribution in [3.05, 3.63) is 83.2 Å². The van der Waals surface area contributed by atoms with Gasteiger partial charge in [-0.2, -0.15) is 0 Å². The minimum atomic E-state index is -0.177. The minimum absolute atomic E-state index is 0.177. The highest BCUT2D eigenvalue weighted by atomic mass is 16.1. The molecule has 1 N–H and O–H groups in total. The molecule has 0 aliphatic heterocycles. The summed E-state index contributed by atoms with van der Waals surface area (Å²) in [7, 11) is 0. The van der Waals surface area contributed by atoms with E-state index >= 15 is 0 Å². The van der Waals surface area contributed by atoms with Gasteiger partial charge in [0.1, 0.15) is 0 Å². The Balaban J connectivity index is 1.70. The maximum atomic E-state index is 12.4. The molecule has 0 radical (unpaired) electrons. The first-order valence-corrected chi connectivity index (χ1v) is 9.07. The van der Waals surface area contributed by atoms with Gasteiger partial charge in [-0.05, 0) is 49.6 Å². The Bertz CT molecular complexity index is 922. The highest BCUT2D eigenvalue weighted by Crippen LogP contribution is 2.22. The molecule has 138 valence electrons. The van der Waals surface area contributed by atoms with Gasteiger partial charge in [0.2, 0.25) is 5.95 Å². The molecule has 0 saturated heterocycles. The summed E-state index contributed by atoms with van der Waals surface area (Å²) in [6.07, 6.45) is 3.15. The van der Waals surface area contributed by atoms with E-state index < -0.39 is 0 Å². The first-order chi connectivity index (χ1) is 13.1. The number of hydrogen-bond acceptors (Lipinski definition) is 4. The van der Waals surface area contributed by atoms with E-state index in [4.69, 9.17) is 0 Å². The molecule has 27 heavy (non-hydrogen) atoms. The van der Waals surface area contributed by atoms with E-state index in [1.54, 1.807) is 12.4 Å². The average molecular weight is 360 g/mol. The summed E-state index contributed by atoms with van der Waals surface area (Å²) in [5, 5.41) is 2.93. The van der Waals surface area contributed by atoms with E-state index in [0.717, 1.165) is 23.4 Å². The Morgan fingerprint density at radius 1 is 1.04 bits per heavy atom. The van der Waals surface area contributed by atoms with Crippen molar-refractivity contribution in [2.75, 3.05) is 11.4 Å². The van der Waals surface area contributed by atoms with Crippen LogP contribution < -0.4 is 10.2 Å². The number of nitrogens with zero attached hydrogens (tertiary/aromatic N) is 3. The summed E-state index contributed by atoms with van der Waals surface area (Å²) >= 11 is 0. The Hall–Kier alpha value is -3.21. The van der Waals surface area contributed by atoms with Crippen molar-refractivity contribution in [1.82, 2.24) is 15.3 Å². The highest BCUT2D eigenvalue weighted by Gasteiger charge is 2.12. The molecule has 0 spiro atoms. The van der Waals surface area contributed by atoms with Gasteiger partial charge in [0.05, 0.1) is 5.56 Å². The first-order valence-electron chi connectivity index (χ1n) is 9.07. The van der Waals surface area contributed by atoms with Crippen LogP contribution in [0.1, 0.15) is 34.0 Å². The van der Waals surface area contributed by atoms with Crippen LogP contribution in [-0.4, -0.2) is 22.4 Å². The molecule has 0 aliphatic rings. The number of aryl methyl sites for hydroxylation is 2. The second-order valence-corrected chi connectivity index (χ2v) is 6.46. The van der Waals surface area contributed by atoms with E-state index in [1.807, 2.05) is 48.2 Å². The molecule has 1 aromatic heterocycles. The second-order valence-electron chi connectivity index (χ2n) is 6.46. The van der Waals surface area contributed by atoms with Crippen molar-refractivity contribution in [3.63, 3.8) is 0 Å². The molecule has 5 heteroatoms. The maximum absolute atomic E-state index is 12.4. The molecular formula is C22H24N4O. The minimum Gasteiger partial charge on any atom is -0.348 e. The lowest BCUT2D eigenvalue weighted by molar-refractivity contribution is 0.0950. The van der Waals surface area contributed by atoms with E-state index in [-0.39, 0.29) is 5.91 Å². The maximum Gasteiger partial charge on any atom is 0.254 e. The monoisotopic (exact) mass is 360 g/mol. The summed E-state index contributed by atoms with van der Waals surface area (Å²) in [6.45, 7) is 7.36. The number of aromatic nitrogens is 2. The van der Waals surface area contributed by atoms with Gasteiger partial charge in [-0.3, -0.25) is 4.79 Å². The van der Waals surface area contributed by atoms with Crippen molar-refractivity contribution in [1.29, 1.82) is 0 Å². The van der Waals surface area contributed by atoms with Gasteiger partial charge in [-0.15, -0.1) is 0 Å². The number of benzene rings is 2. The lowest BCUT2D eigenvalue weighted by Crippen LogP contribution is -2.24. The van der Waals surface area contributed by atoms with Crippen LogP contribution >= 0.6 is 0 Å². The van der Waals surface area contributed by atoms with Gasteiger partial charge in [-0.25, -0.2) is 9.97 Å². The topological polar surface area (TPSA) is 58.1 Å². The molecule has 0 bridgehead atoms.